The van der Waals surface area contributed by atoms with E-state index in [4.69, 9.17) is 4.74 Å². The van der Waals surface area contributed by atoms with Crippen molar-refractivity contribution in [2.45, 2.75) is 52.5 Å². The lowest BCUT2D eigenvalue weighted by Gasteiger charge is -2.40. The number of hydrogen-bond acceptors (Lipinski definition) is 3. The van der Waals surface area contributed by atoms with Crippen LogP contribution in [0.1, 0.15) is 46.5 Å². The van der Waals surface area contributed by atoms with Crippen LogP contribution in [0.4, 0.5) is 0 Å². The number of hydrogen-bond donors (Lipinski definition) is 1. The predicted molar refractivity (Wildman–Crippen MR) is 80.5 cm³/mol. The van der Waals surface area contributed by atoms with Gasteiger partial charge in [0.15, 0.2) is 0 Å². The van der Waals surface area contributed by atoms with E-state index in [0.29, 0.717) is 17.4 Å². The van der Waals surface area contributed by atoms with E-state index in [-0.39, 0.29) is 0 Å². The molecule has 0 amide bonds. The summed E-state index contributed by atoms with van der Waals surface area (Å²) in [5.41, 5.74) is 0.600. The third-order valence-corrected chi connectivity index (χ3v) is 5.26. The van der Waals surface area contributed by atoms with Gasteiger partial charge in [-0.3, -0.25) is 0 Å². The molecule has 0 radical (unpaired) electrons. The van der Waals surface area contributed by atoms with E-state index in [1.54, 1.807) is 0 Å². The van der Waals surface area contributed by atoms with Crippen molar-refractivity contribution in [1.82, 2.24) is 10.2 Å². The molecule has 0 saturated carbocycles. The number of likely N-dealkylation sites (tertiary alicyclic amines) is 1. The van der Waals surface area contributed by atoms with Crippen molar-refractivity contribution in [1.29, 1.82) is 0 Å². The lowest BCUT2D eigenvalue weighted by Crippen LogP contribution is -2.45. The van der Waals surface area contributed by atoms with Crippen LogP contribution < -0.4 is 5.32 Å². The maximum absolute atomic E-state index is 5.68. The van der Waals surface area contributed by atoms with Crippen LogP contribution >= 0.6 is 0 Å². The second-order valence-corrected chi connectivity index (χ2v) is 6.82. The number of rotatable bonds is 6. The van der Waals surface area contributed by atoms with Gasteiger partial charge in [0.25, 0.3) is 0 Å². The van der Waals surface area contributed by atoms with Crippen LogP contribution in [0.3, 0.4) is 0 Å². The third kappa shape index (κ3) is 4.17. The zero-order chi connectivity index (χ0) is 13.7. The van der Waals surface area contributed by atoms with Gasteiger partial charge in [-0.25, -0.2) is 0 Å². The first kappa shape index (κ1) is 15.3. The van der Waals surface area contributed by atoms with Crippen LogP contribution in [0, 0.1) is 11.3 Å². The molecule has 2 unspecified atom stereocenters. The van der Waals surface area contributed by atoms with Crippen LogP contribution in [0.5, 0.6) is 0 Å². The summed E-state index contributed by atoms with van der Waals surface area (Å²) in [6.07, 6.45) is 5.27. The highest BCUT2D eigenvalue weighted by molar-refractivity contribution is 4.87. The summed E-state index contributed by atoms with van der Waals surface area (Å²) < 4.78 is 5.68. The van der Waals surface area contributed by atoms with Crippen LogP contribution in [-0.2, 0) is 4.74 Å². The molecule has 2 fully saturated rings. The average Bonchev–Trinajstić information content (AvgIpc) is 2.86. The molecule has 2 aliphatic heterocycles. The summed E-state index contributed by atoms with van der Waals surface area (Å²) in [6.45, 7) is 13.8. The van der Waals surface area contributed by atoms with Crippen LogP contribution in [0.15, 0.2) is 0 Å². The Morgan fingerprint density at radius 2 is 1.95 bits per heavy atom. The lowest BCUT2D eigenvalue weighted by molar-refractivity contribution is 0.0945. The number of nitrogens with one attached hydrogen (secondary N) is 1. The largest absolute Gasteiger partial charge is 0.379 e. The molecule has 3 nitrogen and oxygen atoms in total. The fourth-order valence-electron chi connectivity index (χ4n) is 3.29. The highest BCUT2D eigenvalue weighted by atomic mass is 16.5. The molecule has 0 aromatic rings. The van der Waals surface area contributed by atoms with E-state index in [1.807, 2.05) is 0 Å². The van der Waals surface area contributed by atoms with Crippen molar-refractivity contribution in [3.8, 4) is 0 Å². The Labute approximate surface area is 119 Å². The molecular formula is C16H32N2O. The van der Waals surface area contributed by atoms with Gasteiger partial charge in [-0.05, 0) is 44.3 Å². The van der Waals surface area contributed by atoms with E-state index >= 15 is 0 Å². The van der Waals surface area contributed by atoms with E-state index in [2.05, 4.69) is 31.0 Å². The Morgan fingerprint density at radius 1 is 1.21 bits per heavy atom. The van der Waals surface area contributed by atoms with Gasteiger partial charge in [0.2, 0.25) is 0 Å². The Balaban J connectivity index is 1.75. The number of piperidine rings is 1. The first-order chi connectivity index (χ1) is 9.17. The Bertz CT molecular complexity index is 261. The predicted octanol–water partition coefficient (Wildman–Crippen LogP) is 2.51. The second-order valence-electron chi connectivity index (χ2n) is 6.82. The lowest BCUT2D eigenvalue weighted by atomic mass is 9.78. The molecule has 0 aromatic heterocycles. The smallest absolute Gasteiger partial charge is 0.0623 e. The van der Waals surface area contributed by atoms with Gasteiger partial charge in [0.05, 0.1) is 13.2 Å². The van der Waals surface area contributed by atoms with Crippen molar-refractivity contribution < 1.29 is 4.74 Å². The minimum atomic E-state index is 0.583. The van der Waals surface area contributed by atoms with Gasteiger partial charge in [-0.15, -0.1) is 0 Å². The highest BCUT2D eigenvalue weighted by Gasteiger charge is 2.33. The fourth-order valence-corrected chi connectivity index (χ4v) is 3.29. The molecular weight excluding hydrogens is 236 g/mol. The number of ether oxygens (including phenoxy) is 1. The number of nitrogens with zero attached hydrogens (tertiary/aromatic N) is 1. The van der Waals surface area contributed by atoms with Crippen LogP contribution in [0.2, 0.25) is 0 Å². The monoisotopic (exact) mass is 268 g/mol. The summed E-state index contributed by atoms with van der Waals surface area (Å²) in [5, 5.41) is 3.65. The zero-order valence-electron chi connectivity index (χ0n) is 13.1. The Hall–Kier alpha value is -0.120. The Kier molecular flexibility index (Phi) is 5.67. The summed E-state index contributed by atoms with van der Waals surface area (Å²) in [5.74, 6) is 0.692. The summed E-state index contributed by atoms with van der Waals surface area (Å²) in [4.78, 5) is 2.66. The molecule has 2 rings (SSSR count). The molecule has 0 bridgehead atoms. The van der Waals surface area contributed by atoms with Gasteiger partial charge in [0.1, 0.15) is 0 Å². The van der Waals surface area contributed by atoms with Gasteiger partial charge in [-0.1, -0.05) is 27.2 Å². The zero-order valence-corrected chi connectivity index (χ0v) is 13.1. The standard InChI is InChI=1S/C16H32N2O/c1-4-8-17-15-13-19-12-14(15)11-18-9-6-16(3,5-2)7-10-18/h14-15,17H,4-13H2,1-3H3. The molecule has 0 aliphatic carbocycles. The first-order valence-electron chi connectivity index (χ1n) is 8.20. The molecule has 1 N–H and O–H groups in total. The molecule has 3 heteroatoms. The summed E-state index contributed by atoms with van der Waals surface area (Å²) >= 11 is 0. The average molecular weight is 268 g/mol. The van der Waals surface area contributed by atoms with Crippen molar-refractivity contribution >= 4 is 0 Å². The quantitative estimate of drug-likeness (QED) is 0.801. The van der Waals surface area contributed by atoms with Crippen molar-refractivity contribution in [2.75, 3.05) is 39.4 Å². The molecule has 2 atom stereocenters. The van der Waals surface area contributed by atoms with E-state index in [1.165, 1.54) is 45.3 Å². The van der Waals surface area contributed by atoms with Crippen LogP contribution in [0.25, 0.3) is 0 Å². The van der Waals surface area contributed by atoms with Gasteiger partial charge in [-0.2, -0.15) is 0 Å². The third-order valence-electron chi connectivity index (χ3n) is 5.26. The summed E-state index contributed by atoms with van der Waals surface area (Å²) in [7, 11) is 0. The molecule has 0 aromatic carbocycles. The van der Waals surface area contributed by atoms with Gasteiger partial charge >= 0.3 is 0 Å². The minimum absolute atomic E-state index is 0.583. The minimum Gasteiger partial charge on any atom is -0.379 e. The summed E-state index contributed by atoms with van der Waals surface area (Å²) in [6, 6.07) is 0.583. The van der Waals surface area contributed by atoms with Gasteiger partial charge < -0.3 is 15.0 Å². The molecule has 19 heavy (non-hydrogen) atoms. The SMILES string of the molecule is CCCNC1COCC1CN1CCC(C)(CC)CC1. The van der Waals surface area contributed by atoms with Crippen molar-refractivity contribution in [3.63, 3.8) is 0 Å². The van der Waals surface area contributed by atoms with E-state index in [9.17, 15) is 0 Å². The van der Waals surface area contributed by atoms with Gasteiger partial charge in [0, 0.05) is 18.5 Å². The molecule has 112 valence electrons. The van der Waals surface area contributed by atoms with Crippen LogP contribution in [-0.4, -0.2) is 50.3 Å². The normalized spacial score (nSPS) is 31.7. The molecule has 2 aliphatic rings. The fraction of sp³-hybridized carbons (Fsp3) is 1.00. The van der Waals surface area contributed by atoms with Crippen molar-refractivity contribution in [2.24, 2.45) is 11.3 Å². The molecule has 2 saturated heterocycles. The highest BCUT2D eigenvalue weighted by Crippen LogP contribution is 2.34. The maximum Gasteiger partial charge on any atom is 0.0623 e. The second kappa shape index (κ2) is 7.05. The van der Waals surface area contributed by atoms with E-state index < -0.39 is 0 Å². The maximum atomic E-state index is 5.68. The topological polar surface area (TPSA) is 24.5 Å². The Morgan fingerprint density at radius 3 is 2.58 bits per heavy atom. The van der Waals surface area contributed by atoms with E-state index in [0.717, 1.165) is 19.8 Å². The first-order valence-corrected chi connectivity index (χ1v) is 8.20. The molecule has 2 heterocycles. The molecule has 0 spiro atoms. The van der Waals surface area contributed by atoms with Crippen molar-refractivity contribution in [3.05, 3.63) is 0 Å².